The van der Waals surface area contributed by atoms with Gasteiger partial charge in [-0.2, -0.15) is 0 Å². The molecule has 0 heterocycles. The zero-order chi connectivity index (χ0) is 11.3. The van der Waals surface area contributed by atoms with Gasteiger partial charge in [0.2, 0.25) is 0 Å². The van der Waals surface area contributed by atoms with Crippen LogP contribution in [0.25, 0.3) is 0 Å². The molecule has 0 aliphatic heterocycles. The Labute approximate surface area is 89.5 Å². The quantitative estimate of drug-likeness (QED) is 0.758. The molecule has 1 aromatic carbocycles. The highest BCUT2D eigenvalue weighted by atomic mass is 19.1. The lowest BCUT2D eigenvalue weighted by molar-refractivity contribution is 0.240. The topological polar surface area (TPSA) is 32.6 Å². The summed E-state index contributed by atoms with van der Waals surface area (Å²) in [5.74, 6) is -0.0419. The van der Waals surface area contributed by atoms with E-state index >= 15 is 0 Å². The minimum absolute atomic E-state index is 0.0113. The number of halogens is 1. The van der Waals surface area contributed by atoms with Crippen molar-refractivity contribution in [1.29, 1.82) is 0 Å². The fourth-order valence-corrected chi connectivity index (χ4v) is 1.19. The summed E-state index contributed by atoms with van der Waals surface area (Å²) in [5.41, 5.74) is 0.455. The van der Waals surface area contributed by atoms with Crippen molar-refractivity contribution in [1.82, 2.24) is 0 Å². The molecule has 0 saturated heterocycles. The van der Waals surface area contributed by atoms with E-state index in [9.17, 15) is 4.39 Å². The fourth-order valence-electron chi connectivity index (χ4n) is 1.19. The Balaban J connectivity index is 2.76. The Bertz CT molecular complexity index is 336. The van der Waals surface area contributed by atoms with Crippen LogP contribution in [0.4, 0.5) is 4.39 Å². The van der Waals surface area contributed by atoms with Gasteiger partial charge in [0.05, 0.1) is 12.6 Å². The van der Waals surface area contributed by atoms with Gasteiger partial charge in [-0.1, -0.05) is 32.0 Å². The monoisotopic (exact) mass is 209 g/mol. The average molecular weight is 209 g/mol. The molecule has 1 unspecified atom stereocenters. The Hall–Kier alpha value is -1.22. The molecule has 1 rings (SSSR count). The summed E-state index contributed by atoms with van der Waals surface area (Å²) >= 11 is 0. The van der Waals surface area contributed by atoms with Crippen molar-refractivity contribution in [2.75, 3.05) is 6.61 Å². The van der Waals surface area contributed by atoms with E-state index in [0.717, 1.165) is 0 Å². The number of rotatable bonds is 4. The van der Waals surface area contributed by atoms with Crippen molar-refractivity contribution < 1.29 is 9.50 Å². The SMILES string of the molecule is CC(C)C(CO)N=Cc1ccccc1F. The van der Waals surface area contributed by atoms with E-state index in [1.807, 2.05) is 13.8 Å². The first-order valence-corrected chi connectivity index (χ1v) is 5.03. The van der Waals surface area contributed by atoms with Crippen molar-refractivity contribution in [3.63, 3.8) is 0 Å². The van der Waals surface area contributed by atoms with E-state index in [0.29, 0.717) is 5.56 Å². The Morgan fingerprint density at radius 3 is 2.60 bits per heavy atom. The van der Waals surface area contributed by atoms with E-state index in [-0.39, 0.29) is 24.4 Å². The van der Waals surface area contributed by atoms with E-state index in [1.165, 1.54) is 12.3 Å². The van der Waals surface area contributed by atoms with Crippen molar-refractivity contribution >= 4 is 6.21 Å². The van der Waals surface area contributed by atoms with Crippen molar-refractivity contribution in [2.45, 2.75) is 19.9 Å². The summed E-state index contributed by atoms with van der Waals surface area (Å²) in [4.78, 5) is 4.16. The number of benzene rings is 1. The average Bonchev–Trinajstić information content (AvgIpc) is 2.21. The van der Waals surface area contributed by atoms with Crippen LogP contribution in [0.1, 0.15) is 19.4 Å². The van der Waals surface area contributed by atoms with Gasteiger partial charge in [0.1, 0.15) is 5.82 Å². The Morgan fingerprint density at radius 2 is 2.07 bits per heavy atom. The molecule has 0 aromatic heterocycles. The molecule has 0 radical (unpaired) electrons. The van der Waals surface area contributed by atoms with Crippen LogP contribution in [-0.4, -0.2) is 24.0 Å². The number of hydrogen-bond donors (Lipinski definition) is 1. The maximum Gasteiger partial charge on any atom is 0.131 e. The molecular formula is C12H16FNO. The smallest absolute Gasteiger partial charge is 0.131 e. The van der Waals surface area contributed by atoms with Gasteiger partial charge in [-0.05, 0) is 12.0 Å². The zero-order valence-electron chi connectivity index (χ0n) is 9.02. The van der Waals surface area contributed by atoms with Crippen LogP contribution in [0.5, 0.6) is 0 Å². The maximum atomic E-state index is 13.2. The summed E-state index contributed by atoms with van der Waals surface area (Å²) in [6.07, 6.45) is 1.48. The van der Waals surface area contributed by atoms with Gasteiger partial charge in [-0.25, -0.2) is 4.39 Å². The summed E-state index contributed by atoms with van der Waals surface area (Å²) < 4.78 is 13.2. The summed E-state index contributed by atoms with van der Waals surface area (Å²) in [6, 6.07) is 6.29. The number of nitrogens with zero attached hydrogens (tertiary/aromatic N) is 1. The molecule has 82 valence electrons. The summed E-state index contributed by atoms with van der Waals surface area (Å²) in [7, 11) is 0. The van der Waals surface area contributed by atoms with E-state index in [4.69, 9.17) is 5.11 Å². The number of hydrogen-bond acceptors (Lipinski definition) is 2. The highest BCUT2D eigenvalue weighted by molar-refractivity contribution is 5.79. The van der Waals surface area contributed by atoms with Gasteiger partial charge in [-0.3, -0.25) is 4.99 Å². The fraction of sp³-hybridized carbons (Fsp3) is 0.417. The second kappa shape index (κ2) is 5.61. The summed E-state index contributed by atoms with van der Waals surface area (Å²) in [5, 5.41) is 9.04. The van der Waals surface area contributed by atoms with Gasteiger partial charge in [-0.15, -0.1) is 0 Å². The first kappa shape index (κ1) is 11.9. The van der Waals surface area contributed by atoms with Crippen LogP contribution < -0.4 is 0 Å². The standard InChI is InChI=1S/C12H16FNO/c1-9(2)12(8-15)14-7-10-5-3-4-6-11(10)13/h3-7,9,12,15H,8H2,1-2H3. The third-order valence-electron chi connectivity index (χ3n) is 2.27. The van der Waals surface area contributed by atoms with Crippen LogP contribution in [-0.2, 0) is 0 Å². The lowest BCUT2D eigenvalue weighted by atomic mass is 10.1. The molecule has 2 nitrogen and oxygen atoms in total. The number of aliphatic hydroxyl groups is 1. The van der Waals surface area contributed by atoms with E-state index in [1.54, 1.807) is 18.2 Å². The third-order valence-corrected chi connectivity index (χ3v) is 2.27. The van der Waals surface area contributed by atoms with Crippen molar-refractivity contribution in [3.8, 4) is 0 Å². The first-order chi connectivity index (χ1) is 7.15. The van der Waals surface area contributed by atoms with Gasteiger partial charge in [0.15, 0.2) is 0 Å². The minimum atomic E-state index is -0.290. The van der Waals surface area contributed by atoms with E-state index in [2.05, 4.69) is 4.99 Å². The van der Waals surface area contributed by atoms with Crippen LogP contribution >= 0.6 is 0 Å². The molecule has 1 N–H and O–H groups in total. The van der Waals surface area contributed by atoms with Gasteiger partial charge >= 0.3 is 0 Å². The highest BCUT2D eigenvalue weighted by Gasteiger charge is 2.09. The van der Waals surface area contributed by atoms with Gasteiger partial charge in [0.25, 0.3) is 0 Å². The van der Waals surface area contributed by atoms with Crippen LogP contribution in [0.3, 0.4) is 0 Å². The van der Waals surface area contributed by atoms with Crippen molar-refractivity contribution in [2.24, 2.45) is 10.9 Å². The van der Waals surface area contributed by atoms with Crippen LogP contribution in [0.15, 0.2) is 29.3 Å². The lowest BCUT2D eigenvalue weighted by Gasteiger charge is -2.12. The first-order valence-electron chi connectivity index (χ1n) is 5.03. The molecule has 0 aliphatic rings. The predicted molar refractivity (Wildman–Crippen MR) is 59.7 cm³/mol. The lowest BCUT2D eigenvalue weighted by Crippen LogP contribution is -2.17. The molecule has 0 aliphatic carbocycles. The number of aliphatic imine (C=N–C) groups is 1. The molecule has 1 aromatic rings. The second-order valence-corrected chi connectivity index (χ2v) is 3.79. The van der Waals surface area contributed by atoms with Gasteiger partial charge < -0.3 is 5.11 Å². The molecule has 15 heavy (non-hydrogen) atoms. The molecule has 3 heteroatoms. The molecule has 0 amide bonds. The Morgan fingerprint density at radius 1 is 1.40 bits per heavy atom. The largest absolute Gasteiger partial charge is 0.394 e. The predicted octanol–water partition coefficient (Wildman–Crippen LogP) is 2.26. The molecule has 0 spiro atoms. The normalized spacial score (nSPS) is 13.7. The zero-order valence-corrected chi connectivity index (χ0v) is 9.02. The van der Waals surface area contributed by atoms with Crippen LogP contribution in [0.2, 0.25) is 0 Å². The van der Waals surface area contributed by atoms with E-state index < -0.39 is 0 Å². The highest BCUT2D eigenvalue weighted by Crippen LogP contribution is 2.07. The maximum absolute atomic E-state index is 13.2. The number of aliphatic hydroxyl groups excluding tert-OH is 1. The molecule has 0 fully saturated rings. The van der Waals surface area contributed by atoms with Crippen LogP contribution in [0, 0.1) is 11.7 Å². The molecule has 0 bridgehead atoms. The third kappa shape index (κ3) is 3.44. The summed E-state index contributed by atoms with van der Waals surface area (Å²) in [6.45, 7) is 3.93. The molecule has 0 saturated carbocycles. The van der Waals surface area contributed by atoms with Gasteiger partial charge in [0, 0.05) is 11.8 Å². The minimum Gasteiger partial charge on any atom is -0.394 e. The molecule has 1 atom stereocenters. The molecular weight excluding hydrogens is 193 g/mol. The second-order valence-electron chi connectivity index (χ2n) is 3.79. The Kier molecular flexibility index (Phi) is 4.43. The van der Waals surface area contributed by atoms with Crippen molar-refractivity contribution in [3.05, 3.63) is 35.6 Å².